The second-order valence-corrected chi connectivity index (χ2v) is 5.97. The van der Waals surface area contributed by atoms with Crippen LogP contribution in [0.5, 0.6) is 5.75 Å². The number of para-hydroxylation sites is 1. The summed E-state index contributed by atoms with van der Waals surface area (Å²) in [5.74, 6) is 0.201. The molecular weight excluding hydrogens is 332 g/mol. The summed E-state index contributed by atoms with van der Waals surface area (Å²) in [6.07, 6.45) is 0. The highest BCUT2D eigenvalue weighted by Crippen LogP contribution is 2.15. The van der Waals surface area contributed by atoms with Crippen LogP contribution in [0.2, 0.25) is 0 Å². The number of anilines is 1. The van der Waals surface area contributed by atoms with Gasteiger partial charge in [-0.1, -0.05) is 12.1 Å². The van der Waals surface area contributed by atoms with E-state index < -0.39 is 5.97 Å². The van der Waals surface area contributed by atoms with E-state index in [1.807, 2.05) is 38.2 Å². The Balaban J connectivity index is 1.92. The molecule has 138 valence electrons. The zero-order chi connectivity index (χ0) is 18.9. The average Bonchev–Trinajstić information content (AvgIpc) is 2.63. The molecule has 6 heteroatoms. The van der Waals surface area contributed by atoms with Gasteiger partial charge in [-0.15, -0.1) is 0 Å². The fraction of sp³-hybridized carbons (Fsp3) is 0.300. The van der Waals surface area contributed by atoms with E-state index >= 15 is 0 Å². The molecule has 0 saturated carbocycles. The van der Waals surface area contributed by atoms with Crippen molar-refractivity contribution in [1.29, 1.82) is 0 Å². The van der Waals surface area contributed by atoms with Crippen LogP contribution in [0.25, 0.3) is 0 Å². The minimum absolute atomic E-state index is 0.162. The van der Waals surface area contributed by atoms with Gasteiger partial charge in [-0.3, -0.25) is 4.79 Å². The average molecular weight is 357 g/mol. The molecule has 0 aliphatic carbocycles. The van der Waals surface area contributed by atoms with E-state index in [1.54, 1.807) is 24.3 Å². The molecule has 2 aromatic rings. The Hall–Kier alpha value is -2.86. The standard InChI is InChI=1S/C20H24N2O4/c1-4-26-16-11-9-15(10-12-16)13-22(2)14-19(23)21-18-8-6-5-7-17(18)20(24)25-3/h5-12H,4,13-14H2,1-3H3,(H,21,23)/p+1. The largest absolute Gasteiger partial charge is 0.494 e. The van der Waals surface area contributed by atoms with E-state index in [-0.39, 0.29) is 12.5 Å². The molecule has 0 bridgehead atoms. The van der Waals surface area contributed by atoms with Crippen LogP contribution in [-0.4, -0.2) is 39.2 Å². The first-order valence-electron chi connectivity index (χ1n) is 8.53. The number of amides is 1. The van der Waals surface area contributed by atoms with Crippen molar-refractivity contribution in [1.82, 2.24) is 0 Å². The van der Waals surface area contributed by atoms with Gasteiger partial charge in [0.25, 0.3) is 5.91 Å². The third-order valence-corrected chi connectivity index (χ3v) is 3.81. The van der Waals surface area contributed by atoms with Crippen molar-refractivity contribution in [3.05, 3.63) is 59.7 Å². The lowest BCUT2D eigenvalue weighted by molar-refractivity contribution is -0.885. The van der Waals surface area contributed by atoms with Gasteiger partial charge in [0.2, 0.25) is 0 Å². The molecule has 2 aromatic carbocycles. The number of hydrogen-bond donors (Lipinski definition) is 2. The zero-order valence-corrected chi connectivity index (χ0v) is 15.4. The number of benzene rings is 2. The molecule has 0 fully saturated rings. The van der Waals surface area contributed by atoms with Crippen molar-refractivity contribution in [3.8, 4) is 5.75 Å². The second kappa shape index (κ2) is 9.58. The topological polar surface area (TPSA) is 69.1 Å². The van der Waals surface area contributed by atoms with E-state index in [0.717, 1.165) is 16.2 Å². The molecule has 0 aliphatic rings. The van der Waals surface area contributed by atoms with Gasteiger partial charge in [0.1, 0.15) is 12.3 Å². The van der Waals surface area contributed by atoms with Crippen molar-refractivity contribution in [2.24, 2.45) is 0 Å². The fourth-order valence-electron chi connectivity index (χ4n) is 2.63. The molecule has 1 amide bonds. The van der Waals surface area contributed by atoms with Crippen molar-refractivity contribution in [3.63, 3.8) is 0 Å². The maximum absolute atomic E-state index is 12.3. The SMILES string of the molecule is CCOc1ccc(C[NH+](C)CC(=O)Nc2ccccc2C(=O)OC)cc1. The van der Waals surface area contributed by atoms with Gasteiger partial charge in [0.15, 0.2) is 6.54 Å². The quantitative estimate of drug-likeness (QED) is 0.703. The lowest BCUT2D eigenvalue weighted by Crippen LogP contribution is -3.08. The molecule has 0 aromatic heterocycles. The van der Waals surface area contributed by atoms with Crippen LogP contribution >= 0.6 is 0 Å². The van der Waals surface area contributed by atoms with Crippen LogP contribution < -0.4 is 15.0 Å². The number of rotatable bonds is 8. The van der Waals surface area contributed by atoms with Crippen molar-refractivity contribution in [2.75, 3.05) is 32.6 Å². The minimum atomic E-state index is -0.476. The molecule has 0 saturated heterocycles. The lowest BCUT2D eigenvalue weighted by atomic mass is 10.1. The van der Waals surface area contributed by atoms with E-state index in [9.17, 15) is 9.59 Å². The fourth-order valence-corrected chi connectivity index (χ4v) is 2.63. The number of ether oxygens (including phenoxy) is 2. The third-order valence-electron chi connectivity index (χ3n) is 3.81. The maximum atomic E-state index is 12.3. The Bertz CT molecular complexity index is 744. The Morgan fingerprint density at radius 3 is 2.42 bits per heavy atom. The first-order valence-corrected chi connectivity index (χ1v) is 8.53. The molecule has 6 nitrogen and oxygen atoms in total. The minimum Gasteiger partial charge on any atom is -0.494 e. The molecule has 2 N–H and O–H groups in total. The molecular formula is C20H25N2O4+. The van der Waals surface area contributed by atoms with Gasteiger partial charge >= 0.3 is 5.97 Å². The van der Waals surface area contributed by atoms with Crippen LogP contribution in [0.15, 0.2) is 48.5 Å². The van der Waals surface area contributed by atoms with E-state index in [0.29, 0.717) is 24.4 Å². The molecule has 0 aliphatic heterocycles. The van der Waals surface area contributed by atoms with Gasteiger partial charge in [-0.05, 0) is 43.3 Å². The summed E-state index contributed by atoms with van der Waals surface area (Å²) in [7, 11) is 3.26. The molecule has 26 heavy (non-hydrogen) atoms. The van der Waals surface area contributed by atoms with Gasteiger partial charge in [-0.25, -0.2) is 4.79 Å². The molecule has 0 heterocycles. The summed E-state index contributed by atoms with van der Waals surface area (Å²) in [6.45, 7) is 3.57. The highest BCUT2D eigenvalue weighted by Gasteiger charge is 2.16. The van der Waals surface area contributed by atoms with Gasteiger partial charge < -0.3 is 19.7 Å². The Kier molecular flexibility index (Phi) is 7.17. The summed E-state index contributed by atoms with van der Waals surface area (Å²) in [5, 5.41) is 2.79. The molecule has 0 radical (unpaired) electrons. The molecule has 0 spiro atoms. The van der Waals surface area contributed by atoms with Crippen LogP contribution in [0.1, 0.15) is 22.8 Å². The van der Waals surface area contributed by atoms with E-state index in [2.05, 4.69) is 5.32 Å². The zero-order valence-electron chi connectivity index (χ0n) is 15.4. The summed E-state index contributed by atoms with van der Waals surface area (Å²) in [5.41, 5.74) is 1.92. The van der Waals surface area contributed by atoms with Crippen LogP contribution in [0.4, 0.5) is 5.69 Å². The van der Waals surface area contributed by atoms with Crippen LogP contribution in [0, 0.1) is 0 Å². The van der Waals surface area contributed by atoms with Crippen molar-refractivity contribution in [2.45, 2.75) is 13.5 Å². The van der Waals surface area contributed by atoms with Crippen LogP contribution in [-0.2, 0) is 16.1 Å². The number of carbonyl (C=O) groups excluding carboxylic acids is 2. The maximum Gasteiger partial charge on any atom is 0.339 e. The lowest BCUT2D eigenvalue weighted by Gasteiger charge is -2.15. The van der Waals surface area contributed by atoms with E-state index in [1.165, 1.54) is 7.11 Å². The van der Waals surface area contributed by atoms with Crippen LogP contribution in [0.3, 0.4) is 0 Å². The normalized spacial score (nSPS) is 11.5. The Morgan fingerprint density at radius 1 is 1.08 bits per heavy atom. The van der Waals surface area contributed by atoms with Gasteiger partial charge in [0, 0.05) is 5.56 Å². The number of carbonyl (C=O) groups is 2. The summed E-state index contributed by atoms with van der Waals surface area (Å²) < 4.78 is 10.2. The number of hydrogen-bond acceptors (Lipinski definition) is 4. The predicted molar refractivity (Wildman–Crippen MR) is 99.5 cm³/mol. The van der Waals surface area contributed by atoms with Crippen molar-refractivity contribution >= 4 is 17.6 Å². The third kappa shape index (κ3) is 5.60. The first kappa shape index (κ1) is 19.5. The Labute approximate surface area is 153 Å². The molecule has 2 rings (SSSR count). The molecule has 1 atom stereocenters. The smallest absolute Gasteiger partial charge is 0.339 e. The molecule has 1 unspecified atom stereocenters. The highest BCUT2D eigenvalue weighted by atomic mass is 16.5. The summed E-state index contributed by atoms with van der Waals surface area (Å²) in [6, 6.07) is 14.7. The number of likely N-dealkylation sites (N-methyl/N-ethyl adjacent to an activating group) is 1. The number of esters is 1. The summed E-state index contributed by atoms with van der Waals surface area (Å²) >= 11 is 0. The van der Waals surface area contributed by atoms with Gasteiger partial charge in [0.05, 0.1) is 32.0 Å². The monoisotopic (exact) mass is 357 g/mol. The summed E-state index contributed by atoms with van der Waals surface area (Å²) in [4.78, 5) is 25.1. The number of quaternary nitrogens is 1. The predicted octanol–water partition coefficient (Wildman–Crippen LogP) is 1.53. The highest BCUT2D eigenvalue weighted by molar-refractivity contribution is 6.01. The van der Waals surface area contributed by atoms with Gasteiger partial charge in [-0.2, -0.15) is 0 Å². The first-order chi connectivity index (χ1) is 12.5. The number of methoxy groups -OCH3 is 1. The van der Waals surface area contributed by atoms with Crippen molar-refractivity contribution < 1.29 is 24.0 Å². The second-order valence-electron chi connectivity index (χ2n) is 5.97. The van der Waals surface area contributed by atoms with E-state index in [4.69, 9.17) is 9.47 Å². The Morgan fingerprint density at radius 2 is 1.77 bits per heavy atom. The number of nitrogens with one attached hydrogen (secondary N) is 2.